The average molecular weight is 381 g/mol. The highest BCUT2D eigenvalue weighted by Gasteiger charge is 2.12. The number of thioether (sulfide) groups is 1. The number of hydrogen-bond acceptors (Lipinski definition) is 5. The lowest BCUT2D eigenvalue weighted by Crippen LogP contribution is -2.20. The molecule has 27 heavy (non-hydrogen) atoms. The van der Waals surface area contributed by atoms with Crippen LogP contribution in [0.15, 0.2) is 58.5 Å². The Kier molecular flexibility index (Phi) is 5.71. The molecule has 0 radical (unpaired) electrons. The van der Waals surface area contributed by atoms with Gasteiger partial charge in [-0.3, -0.25) is 19.0 Å². The average Bonchev–Trinajstić information content (AvgIpc) is 2.70. The number of hydrogen-bond donors (Lipinski definition) is 1. The monoisotopic (exact) mass is 381 g/mol. The van der Waals surface area contributed by atoms with Crippen molar-refractivity contribution in [3.63, 3.8) is 0 Å². The summed E-state index contributed by atoms with van der Waals surface area (Å²) in [5, 5.41) is 3.80. The molecule has 3 aromatic rings. The zero-order valence-electron chi connectivity index (χ0n) is 15.1. The van der Waals surface area contributed by atoms with Gasteiger partial charge in [-0.05, 0) is 36.4 Å². The SMILES string of the molecule is CCC(=O)Nc1ccc(C(=O)CSc2nc3ccccc3c(=O)n2C)cc1. The van der Waals surface area contributed by atoms with Crippen LogP contribution in [0, 0.1) is 0 Å². The van der Waals surface area contributed by atoms with Crippen LogP contribution in [-0.4, -0.2) is 27.0 Å². The number of Topliss-reactive ketones (excluding diaryl/α,β-unsaturated/α-hetero) is 1. The van der Waals surface area contributed by atoms with Crippen molar-refractivity contribution in [1.82, 2.24) is 9.55 Å². The fourth-order valence-corrected chi connectivity index (χ4v) is 3.40. The topological polar surface area (TPSA) is 81.1 Å². The number of amides is 1. The number of rotatable bonds is 6. The van der Waals surface area contributed by atoms with E-state index in [4.69, 9.17) is 0 Å². The van der Waals surface area contributed by atoms with Crippen LogP contribution in [0.5, 0.6) is 0 Å². The summed E-state index contributed by atoms with van der Waals surface area (Å²) in [6.45, 7) is 1.78. The fraction of sp³-hybridized carbons (Fsp3) is 0.200. The maximum atomic E-state index is 12.4. The van der Waals surface area contributed by atoms with Crippen molar-refractivity contribution in [2.75, 3.05) is 11.1 Å². The van der Waals surface area contributed by atoms with Crippen molar-refractivity contribution in [3.05, 3.63) is 64.4 Å². The number of benzene rings is 2. The summed E-state index contributed by atoms with van der Waals surface area (Å²) in [6, 6.07) is 13.9. The Morgan fingerprint density at radius 1 is 1.11 bits per heavy atom. The number of nitrogens with one attached hydrogen (secondary N) is 1. The van der Waals surface area contributed by atoms with Gasteiger partial charge in [0.05, 0.1) is 16.7 Å². The van der Waals surface area contributed by atoms with Gasteiger partial charge >= 0.3 is 0 Å². The molecule has 6 nitrogen and oxygen atoms in total. The molecule has 0 atom stereocenters. The summed E-state index contributed by atoms with van der Waals surface area (Å²) in [6.07, 6.45) is 0.398. The van der Waals surface area contributed by atoms with Gasteiger partial charge in [-0.25, -0.2) is 4.98 Å². The molecule has 0 saturated heterocycles. The molecular formula is C20H19N3O3S. The molecule has 0 unspecified atom stereocenters. The van der Waals surface area contributed by atoms with Gasteiger partial charge < -0.3 is 5.32 Å². The highest BCUT2D eigenvalue weighted by molar-refractivity contribution is 7.99. The Balaban J connectivity index is 1.72. The van der Waals surface area contributed by atoms with E-state index in [2.05, 4.69) is 10.3 Å². The van der Waals surface area contributed by atoms with Gasteiger partial charge in [-0.2, -0.15) is 0 Å². The van der Waals surface area contributed by atoms with Gasteiger partial charge in [-0.15, -0.1) is 0 Å². The molecule has 138 valence electrons. The summed E-state index contributed by atoms with van der Waals surface area (Å²) in [4.78, 5) is 40.7. The first kappa shape index (κ1) is 18.8. The van der Waals surface area contributed by atoms with Crippen LogP contribution in [0.4, 0.5) is 5.69 Å². The van der Waals surface area contributed by atoms with E-state index >= 15 is 0 Å². The highest BCUT2D eigenvalue weighted by atomic mass is 32.2. The number of aromatic nitrogens is 2. The number of para-hydroxylation sites is 1. The fourth-order valence-electron chi connectivity index (χ4n) is 2.53. The smallest absolute Gasteiger partial charge is 0.261 e. The van der Waals surface area contributed by atoms with Crippen LogP contribution in [0.3, 0.4) is 0 Å². The van der Waals surface area contributed by atoms with E-state index in [1.54, 1.807) is 56.4 Å². The van der Waals surface area contributed by atoms with Gasteiger partial charge in [0.25, 0.3) is 5.56 Å². The maximum absolute atomic E-state index is 12.4. The molecule has 1 N–H and O–H groups in total. The second-order valence-electron chi connectivity index (χ2n) is 5.97. The Bertz CT molecular complexity index is 1060. The van der Waals surface area contributed by atoms with Crippen molar-refractivity contribution in [1.29, 1.82) is 0 Å². The molecule has 2 aromatic carbocycles. The van der Waals surface area contributed by atoms with Gasteiger partial charge in [0.1, 0.15) is 0 Å². The predicted molar refractivity (Wildman–Crippen MR) is 107 cm³/mol. The minimum absolute atomic E-state index is 0.0734. The summed E-state index contributed by atoms with van der Waals surface area (Å²) in [5.41, 5.74) is 1.69. The highest BCUT2D eigenvalue weighted by Crippen LogP contribution is 2.19. The van der Waals surface area contributed by atoms with Crippen LogP contribution in [0.1, 0.15) is 23.7 Å². The molecular weight excluding hydrogens is 362 g/mol. The quantitative estimate of drug-likeness (QED) is 0.403. The van der Waals surface area contributed by atoms with Crippen molar-refractivity contribution >= 4 is 40.0 Å². The zero-order valence-corrected chi connectivity index (χ0v) is 15.9. The lowest BCUT2D eigenvalue weighted by atomic mass is 10.1. The minimum Gasteiger partial charge on any atom is -0.326 e. The lowest BCUT2D eigenvalue weighted by molar-refractivity contribution is -0.115. The summed E-state index contributed by atoms with van der Waals surface area (Å²) >= 11 is 1.23. The number of carbonyl (C=O) groups excluding carboxylic acids is 2. The second-order valence-corrected chi connectivity index (χ2v) is 6.91. The molecule has 0 aliphatic carbocycles. The molecule has 0 aliphatic rings. The molecule has 1 amide bonds. The largest absolute Gasteiger partial charge is 0.326 e. The van der Waals surface area contributed by atoms with E-state index in [0.717, 1.165) is 0 Å². The third-order valence-corrected chi connectivity index (χ3v) is 5.12. The van der Waals surface area contributed by atoms with E-state index < -0.39 is 0 Å². The van der Waals surface area contributed by atoms with Crippen LogP contribution in [0.2, 0.25) is 0 Å². The molecule has 3 rings (SSSR count). The van der Waals surface area contributed by atoms with Crippen molar-refractivity contribution < 1.29 is 9.59 Å². The van der Waals surface area contributed by atoms with Gasteiger partial charge in [-0.1, -0.05) is 30.8 Å². The summed E-state index contributed by atoms with van der Waals surface area (Å²) in [5.74, 6) is 0.0166. The Hall–Kier alpha value is -2.93. The van der Waals surface area contributed by atoms with E-state index in [9.17, 15) is 14.4 Å². The molecule has 1 aromatic heterocycles. The number of ketones is 1. The van der Waals surface area contributed by atoms with Crippen LogP contribution < -0.4 is 10.9 Å². The van der Waals surface area contributed by atoms with Gasteiger partial charge in [0.15, 0.2) is 10.9 Å². The first-order chi connectivity index (χ1) is 13.0. The zero-order chi connectivity index (χ0) is 19.4. The van der Waals surface area contributed by atoms with E-state index in [-0.39, 0.29) is 23.0 Å². The Morgan fingerprint density at radius 3 is 2.52 bits per heavy atom. The number of nitrogens with zero attached hydrogens (tertiary/aromatic N) is 2. The van der Waals surface area contributed by atoms with Crippen molar-refractivity contribution in [2.24, 2.45) is 7.05 Å². The Morgan fingerprint density at radius 2 is 1.81 bits per heavy atom. The first-order valence-electron chi connectivity index (χ1n) is 8.51. The Labute approximate surface area is 160 Å². The predicted octanol–water partition coefficient (Wildman–Crippen LogP) is 3.26. The van der Waals surface area contributed by atoms with Crippen molar-refractivity contribution in [3.8, 4) is 0 Å². The molecule has 0 aliphatic heterocycles. The van der Waals surface area contributed by atoms with E-state index in [1.807, 2.05) is 6.07 Å². The molecule has 0 saturated carbocycles. The minimum atomic E-state index is -0.133. The summed E-state index contributed by atoms with van der Waals surface area (Å²) < 4.78 is 1.46. The maximum Gasteiger partial charge on any atom is 0.261 e. The van der Waals surface area contributed by atoms with E-state index in [0.29, 0.717) is 33.7 Å². The molecule has 0 spiro atoms. The first-order valence-corrected chi connectivity index (χ1v) is 9.50. The second kappa shape index (κ2) is 8.18. The lowest BCUT2D eigenvalue weighted by Gasteiger charge is -2.08. The third-order valence-electron chi connectivity index (χ3n) is 4.09. The number of anilines is 1. The summed E-state index contributed by atoms with van der Waals surface area (Å²) in [7, 11) is 1.65. The third kappa shape index (κ3) is 4.25. The van der Waals surface area contributed by atoms with Crippen LogP contribution in [-0.2, 0) is 11.8 Å². The van der Waals surface area contributed by atoms with Crippen molar-refractivity contribution in [2.45, 2.75) is 18.5 Å². The standard InChI is InChI=1S/C20H19N3O3S/c1-3-18(25)21-14-10-8-13(9-11-14)17(24)12-27-20-22-16-7-5-4-6-15(16)19(26)23(20)2/h4-11H,3,12H2,1-2H3,(H,21,25). The van der Waals surface area contributed by atoms with Crippen LogP contribution in [0.25, 0.3) is 10.9 Å². The van der Waals surface area contributed by atoms with Crippen LogP contribution >= 0.6 is 11.8 Å². The molecule has 1 heterocycles. The number of carbonyl (C=O) groups is 2. The molecule has 0 bridgehead atoms. The van der Waals surface area contributed by atoms with E-state index in [1.165, 1.54) is 16.3 Å². The van der Waals surface area contributed by atoms with Gasteiger partial charge in [0.2, 0.25) is 5.91 Å². The number of fused-ring (bicyclic) bond motifs is 1. The normalized spacial score (nSPS) is 10.7. The molecule has 7 heteroatoms. The molecule has 0 fully saturated rings. The van der Waals surface area contributed by atoms with Gasteiger partial charge in [0, 0.05) is 24.7 Å².